The Bertz CT molecular complexity index is 676. The summed E-state index contributed by atoms with van der Waals surface area (Å²) in [6.45, 7) is 0. The van der Waals surface area contributed by atoms with Crippen molar-refractivity contribution >= 4 is 27.5 Å². The summed E-state index contributed by atoms with van der Waals surface area (Å²) in [4.78, 5) is 12.0. The number of carbonyl (C=O) groups excluding carboxylic acids is 1. The fraction of sp³-hybridized carbons (Fsp3) is 0. The lowest BCUT2D eigenvalue weighted by Crippen LogP contribution is -2.13. The van der Waals surface area contributed by atoms with E-state index in [4.69, 9.17) is 6.42 Å². The van der Waals surface area contributed by atoms with Crippen LogP contribution in [0.25, 0.3) is 0 Å². The van der Waals surface area contributed by atoms with Gasteiger partial charge < -0.3 is 5.32 Å². The summed E-state index contributed by atoms with van der Waals surface area (Å²) in [5.41, 5.74) is 1.15. The van der Waals surface area contributed by atoms with E-state index in [0.717, 1.165) is 0 Å². The van der Waals surface area contributed by atoms with Gasteiger partial charge >= 0.3 is 0 Å². The van der Waals surface area contributed by atoms with Crippen LogP contribution in [0, 0.1) is 18.2 Å². The molecular weight excluding hydrogens is 309 g/mol. The van der Waals surface area contributed by atoms with Crippen molar-refractivity contribution in [1.29, 1.82) is 0 Å². The van der Waals surface area contributed by atoms with E-state index in [1.807, 2.05) is 0 Å². The number of anilines is 1. The van der Waals surface area contributed by atoms with Gasteiger partial charge in [0.05, 0.1) is 5.56 Å². The summed E-state index contributed by atoms with van der Waals surface area (Å²) in [7, 11) is 0. The molecule has 1 N–H and O–H groups in total. The third-order valence-electron chi connectivity index (χ3n) is 2.46. The molecule has 2 aromatic rings. The molecule has 2 aromatic carbocycles. The van der Waals surface area contributed by atoms with E-state index in [2.05, 4.69) is 27.2 Å². The molecule has 0 saturated carbocycles. The molecule has 0 saturated heterocycles. The molecule has 0 radical (unpaired) electrons. The van der Waals surface area contributed by atoms with Crippen LogP contribution in [0.15, 0.2) is 46.9 Å². The Morgan fingerprint density at radius 3 is 2.79 bits per heavy atom. The summed E-state index contributed by atoms with van der Waals surface area (Å²) < 4.78 is 14.2. The third kappa shape index (κ3) is 3.21. The number of halogens is 2. The van der Waals surface area contributed by atoms with Crippen LogP contribution in [0.4, 0.5) is 10.1 Å². The van der Waals surface area contributed by atoms with Gasteiger partial charge in [0.15, 0.2) is 0 Å². The molecule has 0 bridgehead atoms. The zero-order valence-electron chi connectivity index (χ0n) is 9.78. The van der Waals surface area contributed by atoms with Crippen molar-refractivity contribution in [3.05, 3.63) is 63.9 Å². The first-order valence-electron chi connectivity index (χ1n) is 5.43. The number of hydrogen-bond acceptors (Lipinski definition) is 1. The first-order valence-corrected chi connectivity index (χ1v) is 6.22. The van der Waals surface area contributed by atoms with E-state index in [9.17, 15) is 9.18 Å². The fourth-order valence-electron chi connectivity index (χ4n) is 1.56. The highest BCUT2D eigenvalue weighted by Gasteiger charge is 2.12. The van der Waals surface area contributed by atoms with Crippen molar-refractivity contribution in [2.45, 2.75) is 0 Å². The molecule has 0 spiro atoms. The lowest BCUT2D eigenvalue weighted by Gasteiger charge is -2.07. The molecule has 2 nitrogen and oxygen atoms in total. The first-order chi connectivity index (χ1) is 9.10. The van der Waals surface area contributed by atoms with Crippen LogP contribution in [-0.2, 0) is 0 Å². The molecule has 0 unspecified atom stereocenters. The molecule has 0 aliphatic carbocycles. The number of carbonyl (C=O) groups is 1. The summed E-state index contributed by atoms with van der Waals surface area (Å²) in [6.07, 6.45) is 5.28. The predicted molar refractivity (Wildman–Crippen MR) is 76.4 cm³/mol. The van der Waals surface area contributed by atoms with E-state index < -0.39 is 11.7 Å². The van der Waals surface area contributed by atoms with Gasteiger partial charge in [0, 0.05) is 15.7 Å². The van der Waals surface area contributed by atoms with Gasteiger partial charge in [-0.3, -0.25) is 4.79 Å². The summed E-state index contributed by atoms with van der Waals surface area (Å²) in [6, 6.07) is 11.0. The maximum Gasteiger partial charge on any atom is 0.258 e. The average molecular weight is 318 g/mol. The van der Waals surface area contributed by atoms with Crippen molar-refractivity contribution in [2.75, 3.05) is 5.32 Å². The monoisotopic (exact) mass is 317 g/mol. The number of hydrogen-bond donors (Lipinski definition) is 1. The minimum absolute atomic E-state index is 0.0273. The van der Waals surface area contributed by atoms with Crippen molar-refractivity contribution in [2.24, 2.45) is 0 Å². The van der Waals surface area contributed by atoms with Crippen LogP contribution in [-0.4, -0.2) is 5.91 Å². The van der Waals surface area contributed by atoms with Crippen LogP contribution in [0.3, 0.4) is 0 Å². The van der Waals surface area contributed by atoms with E-state index in [0.29, 0.717) is 15.7 Å². The summed E-state index contributed by atoms with van der Waals surface area (Å²) in [5.74, 6) is 1.37. The molecule has 0 aliphatic rings. The van der Waals surface area contributed by atoms with Gasteiger partial charge in [-0.05, 0) is 36.4 Å². The number of amides is 1. The van der Waals surface area contributed by atoms with Crippen molar-refractivity contribution in [3.63, 3.8) is 0 Å². The fourth-order valence-corrected chi connectivity index (χ4v) is 1.92. The Labute approximate surface area is 118 Å². The van der Waals surface area contributed by atoms with E-state index >= 15 is 0 Å². The summed E-state index contributed by atoms with van der Waals surface area (Å²) in [5, 5.41) is 2.61. The number of benzene rings is 2. The molecule has 0 aliphatic heterocycles. The first kappa shape index (κ1) is 13.3. The SMILES string of the molecule is C#Cc1cccc(NC(=O)c2cc(Br)ccc2F)c1. The van der Waals surface area contributed by atoms with Gasteiger partial charge in [-0.1, -0.05) is 27.9 Å². The van der Waals surface area contributed by atoms with Crippen LogP contribution in [0.2, 0.25) is 0 Å². The molecule has 0 atom stereocenters. The van der Waals surface area contributed by atoms with Gasteiger partial charge in [0.2, 0.25) is 0 Å². The largest absolute Gasteiger partial charge is 0.322 e. The van der Waals surface area contributed by atoms with Crippen molar-refractivity contribution < 1.29 is 9.18 Å². The molecule has 0 aromatic heterocycles. The Morgan fingerprint density at radius 2 is 2.05 bits per heavy atom. The Hall–Kier alpha value is -2.12. The van der Waals surface area contributed by atoms with Gasteiger partial charge in [0.25, 0.3) is 5.91 Å². The third-order valence-corrected chi connectivity index (χ3v) is 2.95. The second-order valence-corrected chi connectivity index (χ2v) is 4.72. The normalized spacial score (nSPS) is 9.74. The van der Waals surface area contributed by atoms with E-state index in [-0.39, 0.29) is 5.56 Å². The molecule has 1 amide bonds. The second-order valence-electron chi connectivity index (χ2n) is 3.80. The lowest BCUT2D eigenvalue weighted by molar-refractivity contribution is 0.102. The maximum absolute atomic E-state index is 13.6. The molecule has 2 rings (SSSR count). The quantitative estimate of drug-likeness (QED) is 0.838. The minimum atomic E-state index is -0.575. The number of nitrogens with one attached hydrogen (secondary N) is 1. The lowest BCUT2D eigenvalue weighted by atomic mass is 10.1. The average Bonchev–Trinajstić information content (AvgIpc) is 2.41. The van der Waals surface area contributed by atoms with Crippen molar-refractivity contribution in [3.8, 4) is 12.3 Å². The molecule has 94 valence electrons. The Morgan fingerprint density at radius 1 is 1.26 bits per heavy atom. The Kier molecular flexibility index (Phi) is 3.98. The predicted octanol–water partition coefficient (Wildman–Crippen LogP) is 3.82. The van der Waals surface area contributed by atoms with Crippen LogP contribution < -0.4 is 5.32 Å². The van der Waals surface area contributed by atoms with Gasteiger partial charge in [-0.15, -0.1) is 6.42 Å². The number of terminal acetylenes is 1. The highest BCUT2D eigenvalue weighted by molar-refractivity contribution is 9.10. The highest BCUT2D eigenvalue weighted by Crippen LogP contribution is 2.17. The topological polar surface area (TPSA) is 29.1 Å². The Balaban J connectivity index is 2.26. The number of rotatable bonds is 2. The zero-order valence-corrected chi connectivity index (χ0v) is 11.4. The zero-order chi connectivity index (χ0) is 13.8. The highest BCUT2D eigenvalue weighted by atomic mass is 79.9. The molecular formula is C15H9BrFNO. The van der Waals surface area contributed by atoms with Crippen LogP contribution in [0.5, 0.6) is 0 Å². The molecule has 19 heavy (non-hydrogen) atoms. The van der Waals surface area contributed by atoms with Gasteiger partial charge in [-0.25, -0.2) is 4.39 Å². The summed E-state index contributed by atoms with van der Waals surface area (Å²) >= 11 is 3.20. The van der Waals surface area contributed by atoms with Crippen molar-refractivity contribution in [1.82, 2.24) is 0 Å². The maximum atomic E-state index is 13.6. The van der Waals surface area contributed by atoms with E-state index in [1.54, 1.807) is 24.3 Å². The minimum Gasteiger partial charge on any atom is -0.322 e. The second kappa shape index (κ2) is 5.68. The molecule has 4 heteroatoms. The molecule has 0 heterocycles. The standard InChI is InChI=1S/C15H9BrFNO/c1-2-10-4-3-5-12(8-10)18-15(19)13-9-11(16)6-7-14(13)17/h1,3-9H,(H,18,19). The smallest absolute Gasteiger partial charge is 0.258 e. The van der Waals surface area contributed by atoms with Gasteiger partial charge in [0.1, 0.15) is 5.82 Å². The molecule has 0 fully saturated rings. The van der Waals surface area contributed by atoms with Crippen LogP contribution in [0.1, 0.15) is 15.9 Å². The van der Waals surface area contributed by atoms with Crippen LogP contribution >= 0.6 is 15.9 Å². The van der Waals surface area contributed by atoms with E-state index in [1.165, 1.54) is 18.2 Å². The van der Waals surface area contributed by atoms with Gasteiger partial charge in [-0.2, -0.15) is 0 Å².